The Bertz CT molecular complexity index is 1210. The predicted molar refractivity (Wildman–Crippen MR) is 122 cm³/mol. The van der Waals surface area contributed by atoms with Gasteiger partial charge >= 0.3 is 0 Å². The standard InChI is InChI=1S/C24H24ClFN4O4/c1-14(2)20-7-5-17(11-27-20)33-13-22-29-30-23(34-22)24(3)9-15(10-24)28-21(31)12-32-16-4-6-18(25)19(26)8-16/h4-9,11,14H,10,12-13H2,1-3H3,(H,28,31). The Morgan fingerprint density at radius 3 is 2.68 bits per heavy atom. The summed E-state index contributed by atoms with van der Waals surface area (Å²) in [4.78, 5) is 16.5. The third kappa shape index (κ3) is 5.53. The molecule has 0 saturated carbocycles. The number of hydrogen-bond acceptors (Lipinski definition) is 7. The van der Waals surface area contributed by atoms with Crippen molar-refractivity contribution in [2.24, 2.45) is 0 Å². The minimum absolute atomic E-state index is 0.0104. The van der Waals surface area contributed by atoms with Crippen LogP contribution in [0.25, 0.3) is 0 Å². The van der Waals surface area contributed by atoms with Gasteiger partial charge in [-0.05, 0) is 43.2 Å². The SMILES string of the molecule is CC(C)c1ccc(OCc2nnc(C3(C)C=C(NC(=O)COc4ccc(Cl)c(F)c4)C3)o2)cn1. The molecular formula is C24H24ClFN4O4. The molecule has 2 heterocycles. The molecule has 4 rings (SSSR count). The highest BCUT2D eigenvalue weighted by molar-refractivity contribution is 6.30. The van der Waals surface area contributed by atoms with Gasteiger partial charge in [0.25, 0.3) is 11.8 Å². The number of aromatic nitrogens is 3. The second-order valence-electron chi connectivity index (χ2n) is 8.54. The van der Waals surface area contributed by atoms with Crippen LogP contribution in [-0.2, 0) is 16.8 Å². The van der Waals surface area contributed by atoms with Gasteiger partial charge in [-0.25, -0.2) is 4.39 Å². The molecule has 178 valence electrons. The van der Waals surface area contributed by atoms with E-state index >= 15 is 0 Å². The maximum atomic E-state index is 13.4. The third-order valence-electron chi connectivity index (χ3n) is 5.28. The number of carbonyl (C=O) groups is 1. The van der Waals surface area contributed by atoms with Crippen molar-refractivity contribution < 1.29 is 23.1 Å². The topological polar surface area (TPSA) is 99.4 Å². The van der Waals surface area contributed by atoms with Crippen molar-refractivity contribution in [1.29, 1.82) is 0 Å². The molecule has 0 aliphatic heterocycles. The van der Waals surface area contributed by atoms with Crippen LogP contribution in [0.2, 0.25) is 5.02 Å². The van der Waals surface area contributed by atoms with Gasteiger partial charge in [-0.15, -0.1) is 10.2 Å². The van der Waals surface area contributed by atoms with Crippen LogP contribution in [0.4, 0.5) is 4.39 Å². The fourth-order valence-corrected chi connectivity index (χ4v) is 3.52. The van der Waals surface area contributed by atoms with E-state index in [1.165, 1.54) is 12.1 Å². The van der Waals surface area contributed by atoms with Crippen LogP contribution in [0.15, 0.2) is 52.7 Å². The minimum Gasteiger partial charge on any atom is -0.484 e. The summed E-state index contributed by atoms with van der Waals surface area (Å²) in [6, 6.07) is 7.77. The first kappa shape index (κ1) is 23.7. The van der Waals surface area contributed by atoms with Gasteiger partial charge < -0.3 is 19.2 Å². The first-order chi connectivity index (χ1) is 16.2. The molecule has 1 aliphatic rings. The molecule has 8 nitrogen and oxygen atoms in total. The molecule has 0 bridgehead atoms. The van der Waals surface area contributed by atoms with Gasteiger partial charge in [-0.2, -0.15) is 0 Å². The van der Waals surface area contributed by atoms with E-state index in [1.807, 2.05) is 25.1 Å². The average molecular weight is 487 g/mol. The fraction of sp³-hybridized carbons (Fsp3) is 0.333. The molecule has 0 spiro atoms. The average Bonchev–Trinajstić information content (AvgIpc) is 3.27. The first-order valence-corrected chi connectivity index (χ1v) is 11.1. The molecule has 0 saturated heterocycles. The van der Waals surface area contributed by atoms with Gasteiger partial charge in [-0.1, -0.05) is 25.4 Å². The summed E-state index contributed by atoms with van der Waals surface area (Å²) < 4.78 is 30.2. The van der Waals surface area contributed by atoms with Crippen LogP contribution >= 0.6 is 11.6 Å². The summed E-state index contributed by atoms with van der Waals surface area (Å²) in [6.45, 7) is 5.95. The maximum absolute atomic E-state index is 13.4. The van der Waals surface area contributed by atoms with Crippen molar-refractivity contribution >= 4 is 17.5 Å². The first-order valence-electron chi connectivity index (χ1n) is 10.7. The number of allylic oxidation sites excluding steroid dienone is 2. The van der Waals surface area contributed by atoms with Crippen molar-refractivity contribution in [1.82, 2.24) is 20.5 Å². The molecule has 1 amide bonds. The number of hydrogen-bond donors (Lipinski definition) is 1. The number of ether oxygens (including phenoxy) is 2. The molecule has 1 aromatic carbocycles. The van der Waals surface area contributed by atoms with Gasteiger partial charge in [-0.3, -0.25) is 9.78 Å². The van der Waals surface area contributed by atoms with Crippen LogP contribution in [0.5, 0.6) is 11.5 Å². The van der Waals surface area contributed by atoms with Crippen LogP contribution in [0.3, 0.4) is 0 Å². The van der Waals surface area contributed by atoms with Gasteiger partial charge in [0.15, 0.2) is 13.2 Å². The Kier molecular flexibility index (Phi) is 6.83. The lowest BCUT2D eigenvalue weighted by Gasteiger charge is -2.33. The lowest BCUT2D eigenvalue weighted by molar-refractivity contribution is -0.122. The Balaban J connectivity index is 1.26. The Labute approximate surface area is 201 Å². The van der Waals surface area contributed by atoms with E-state index in [4.69, 9.17) is 25.5 Å². The van der Waals surface area contributed by atoms with E-state index in [2.05, 4.69) is 34.3 Å². The molecule has 1 N–H and O–H groups in total. The number of carbonyl (C=O) groups excluding carboxylic acids is 1. The molecule has 1 unspecified atom stereocenters. The van der Waals surface area contributed by atoms with Gasteiger partial charge in [0.2, 0.25) is 5.89 Å². The number of halogens is 2. The van der Waals surface area contributed by atoms with Crippen LogP contribution in [-0.4, -0.2) is 27.7 Å². The second kappa shape index (κ2) is 9.80. The fourth-order valence-electron chi connectivity index (χ4n) is 3.41. The quantitative estimate of drug-likeness (QED) is 0.468. The molecule has 0 fully saturated rings. The predicted octanol–water partition coefficient (Wildman–Crippen LogP) is 4.70. The van der Waals surface area contributed by atoms with Crippen molar-refractivity contribution in [3.63, 3.8) is 0 Å². The summed E-state index contributed by atoms with van der Waals surface area (Å²) in [6.07, 6.45) is 4.03. The Morgan fingerprint density at radius 1 is 1.24 bits per heavy atom. The lowest BCUT2D eigenvalue weighted by atomic mass is 9.75. The van der Waals surface area contributed by atoms with E-state index in [0.717, 1.165) is 11.8 Å². The zero-order chi connectivity index (χ0) is 24.3. The summed E-state index contributed by atoms with van der Waals surface area (Å²) in [7, 11) is 0. The number of benzene rings is 1. The van der Waals surface area contributed by atoms with E-state index in [9.17, 15) is 9.18 Å². The molecule has 3 aromatic rings. The zero-order valence-electron chi connectivity index (χ0n) is 19.0. The number of nitrogens with zero attached hydrogens (tertiary/aromatic N) is 3. The van der Waals surface area contributed by atoms with Gasteiger partial charge in [0.05, 0.1) is 16.6 Å². The number of nitrogens with one attached hydrogen (secondary N) is 1. The van der Waals surface area contributed by atoms with E-state index in [1.54, 1.807) is 6.20 Å². The smallest absolute Gasteiger partial charge is 0.262 e. The second-order valence-corrected chi connectivity index (χ2v) is 8.95. The molecule has 1 atom stereocenters. The molecule has 34 heavy (non-hydrogen) atoms. The Morgan fingerprint density at radius 2 is 2.00 bits per heavy atom. The largest absolute Gasteiger partial charge is 0.484 e. The zero-order valence-corrected chi connectivity index (χ0v) is 19.7. The van der Waals surface area contributed by atoms with Crippen LogP contribution in [0, 0.1) is 5.82 Å². The Hall–Kier alpha value is -3.46. The van der Waals surface area contributed by atoms with E-state index < -0.39 is 11.2 Å². The highest BCUT2D eigenvalue weighted by atomic mass is 35.5. The monoisotopic (exact) mass is 486 g/mol. The van der Waals surface area contributed by atoms with Gasteiger partial charge in [0.1, 0.15) is 17.3 Å². The highest BCUT2D eigenvalue weighted by Gasteiger charge is 2.39. The van der Waals surface area contributed by atoms with Crippen molar-refractivity contribution in [2.75, 3.05) is 6.61 Å². The minimum atomic E-state index is -0.609. The highest BCUT2D eigenvalue weighted by Crippen LogP contribution is 2.39. The summed E-state index contributed by atoms with van der Waals surface area (Å²) in [5.74, 6) is 0.995. The van der Waals surface area contributed by atoms with Crippen molar-refractivity contribution in [2.45, 2.75) is 45.1 Å². The van der Waals surface area contributed by atoms with Crippen LogP contribution < -0.4 is 14.8 Å². The molecule has 0 radical (unpaired) electrons. The number of rotatable bonds is 9. The van der Waals surface area contributed by atoms with E-state index in [-0.39, 0.29) is 29.9 Å². The summed E-state index contributed by atoms with van der Waals surface area (Å²) in [5.41, 5.74) is 1.21. The number of amides is 1. The van der Waals surface area contributed by atoms with Crippen molar-refractivity contribution in [3.8, 4) is 11.5 Å². The van der Waals surface area contributed by atoms with Gasteiger partial charge in [0, 0.05) is 23.9 Å². The van der Waals surface area contributed by atoms with E-state index in [0.29, 0.717) is 35.6 Å². The van der Waals surface area contributed by atoms with Crippen LogP contribution in [0.1, 0.15) is 50.6 Å². The maximum Gasteiger partial charge on any atom is 0.262 e. The molecule has 10 heteroatoms. The molecule has 1 aliphatic carbocycles. The third-order valence-corrected chi connectivity index (χ3v) is 5.59. The number of pyridine rings is 1. The molecular weight excluding hydrogens is 463 g/mol. The summed E-state index contributed by atoms with van der Waals surface area (Å²) >= 11 is 5.63. The summed E-state index contributed by atoms with van der Waals surface area (Å²) in [5, 5.41) is 10.9. The van der Waals surface area contributed by atoms with Crippen molar-refractivity contribution in [3.05, 3.63) is 76.6 Å². The molecule has 2 aromatic heterocycles. The lowest BCUT2D eigenvalue weighted by Crippen LogP contribution is -2.39. The normalized spacial score (nSPS) is 17.2.